The largest absolute Gasteiger partial charge is 0.469 e. The Kier molecular flexibility index (Phi) is 5.03. The van der Waals surface area contributed by atoms with Crippen LogP contribution in [-0.2, 0) is 9.53 Å². The van der Waals surface area contributed by atoms with Gasteiger partial charge in [-0.2, -0.15) is 0 Å². The minimum absolute atomic E-state index is 0.221. The standard InChI is InChI=1S/C12H15F2NO2/c1-8(15-4-3-12(16)17-2)9-5-10(13)7-11(14)6-9/h5-8,15H,3-4H2,1-2H3. The molecule has 0 saturated heterocycles. The van der Waals surface area contributed by atoms with Crippen LogP contribution in [0.25, 0.3) is 0 Å². The Morgan fingerprint density at radius 1 is 1.35 bits per heavy atom. The second kappa shape index (κ2) is 6.30. The molecule has 1 aromatic rings. The van der Waals surface area contributed by atoms with Crippen LogP contribution in [0, 0.1) is 11.6 Å². The highest BCUT2D eigenvalue weighted by molar-refractivity contribution is 5.69. The van der Waals surface area contributed by atoms with Crippen LogP contribution in [0.15, 0.2) is 18.2 Å². The van der Waals surface area contributed by atoms with Crippen molar-refractivity contribution >= 4 is 5.97 Å². The number of benzene rings is 1. The number of carbonyl (C=O) groups excluding carboxylic acids is 1. The first-order chi connectivity index (χ1) is 8.02. The van der Waals surface area contributed by atoms with Gasteiger partial charge in [-0.05, 0) is 24.6 Å². The predicted molar refractivity (Wildman–Crippen MR) is 59.4 cm³/mol. The van der Waals surface area contributed by atoms with E-state index in [1.54, 1.807) is 6.92 Å². The first kappa shape index (κ1) is 13.6. The van der Waals surface area contributed by atoms with Crippen molar-refractivity contribution in [1.29, 1.82) is 0 Å². The zero-order valence-electron chi connectivity index (χ0n) is 9.80. The van der Waals surface area contributed by atoms with E-state index < -0.39 is 11.6 Å². The summed E-state index contributed by atoms with van der Waals surface area (Å²) in [5.74, 6) is -1.54. The van der Waals surface area contributed by atoms with Crippen molar-refractivity contribution in [2.24, 2.45) is 0 Å². The lowest BCUT2D eigenvalue weighted by molar-refractivity contribution is -0.140. The van der Waals surface area contributed by atoms with Crippen LogP contribution in [0.1, 0.15) is 24.9 Å². The van der Waals surface area contributed by atoms with Gasteiger partial charge in [0.25, 0.3) is 0 Å². The Morgan fingerprint density at radius 2 is 1.94 bits per heavy atom. The first-order valence-electron chi connectivity index (χ1n) is 5.29. The zero-order chi connectivity index (χ0) is 12.8. The fourth-order valence-electron chi connectivity index (χ4n) is 1.44. The molecule has 0 spiro atoms. The average Bonchev–Trinajstić information content (AvgIpc) is 2.27. The molecule has 0 aromatic heterocycles. The van der Waals surface area contributed by atoms with Crippen molar-refractivity contribution in [2.75, 3.05) is 13.7 Å². The lowest BCUT2D eigenvalue weighted by atomic mass is 10.1. The predicted octanol–water partition coefficient (Wildman–Crippen LogP) is 2.18. The van der Waals surface area contributed by atoms with Crippen LogP contribution in [0.2, 0.25) is 0 Å². The maximum Gasteiger partial charge on any atom is 0.306 e. The highest BCUT2D eigenvalue weighted by atomic mass is 19.1. The number of methoxy groups -OCH3 is 1. The molecule has 1 unspecified atom stereocenters. The van der Waals surface area contributed by atoms with E-state index in [-0.39, 0.29) is 18.4 Å². The van der Waals surface area contributed by atoms with Crippen molar-refractivity contribution in [2.45, 2.75) is 19.4 Å². The van der Waals surface area contributed by atoms with E-state index >= 15 is 0 Å². The Morgan fingerprint density at radius 3 is 2.47 bits per heavy atom. The van der Waals surface area contributed by atoms with Gasteiger partial charge in [-0.1, -0.05) is 0 Å². The topological polar surface area (TPSA) is 38.3 Å². The fourth-order valence-corrected chi connectivity index (χ4v) is 1.44. The van der Waals surface area contributed by atoms with Crippen molar-refractivity contribution in [1.82, 2.24) is 5.32 Å². The first-order valence-corrected chi connectivity index (χ1v) is 5.29. The van der Waals surface area contributed by atoms with Gasteiger partial charge in [-0.25, -0.2) is 8.78 Å². The zero-order valence-corrected chi connectivity index (χ0v) is 9.80. The molecule has 0 fully saturated rings. The number of rotatable bonds is 5. The van der Waals surface area contributed by atoms with Gasteiger partial charge >= 0.3 is 5.97 Å². The fraction of sp³-hybridized carbons (Fsp3) is 0.417. The number of halogens is 2. The summed E-state index contributed by atoms with van der Waals surface area (Å²) in [4.78, 5) is 10.9. The maximum atomic E-state index is 13.0. The molecule has 5 heteroatoms. The molecule has 94 valence electrons. The van der Waals surface area contributed by atoms with Crippen LogP contribution in [-0.4, -0.2) is 19.6 Å². The lowest BCUT2D eigenvalue weighted by Gasteiger charge is -2.14. The van der Waals surface area contributed by atoms with Crippen molar-refractivity contribution in [3.8, 4) is 0 Å². The molecule has 1 atom stereocenters. The molecule has 1 N–H and O–H groups in total. The van der Waals surface area contributed by atoms with E-state index in [1.165, 1.54) is 19.2 Å². The molecule has 0 bridgehead atoms. The highest BCUT2D eigenvalue weighted by Crippen LogP contribution is 2.15. The number of ether oxygens (including phenoxy) is 1. The van der Waals surface area contributed by atoms with Crippen LogP contribution in [0.4, 0.5) is 8.78 Å². The normalized spacial score (nSPS) is 12.2. The lowest BCUT2D eigenvalue weighted by Crippen LogP contribution is -2.22. The summed E-state index contributed by atoms with van der Waals surface area (Å²) < 4.78 is 30.4. The van der Waals surface area contributed by atoms with Gasteiger partial charge < -0.3 is 10.1 Å². The summed E-state index contributed by atoms with van der Waals surface area (Å²) in [6.07, 6.45) is 0.221. The number of hydrogen-bond acceptors (Lipinski definition) is 3. The third-order valence-electron chi connectivity index (χ3n) is 2.39. The van der Waals surface area contributed by atoms with E-state index in [2.05, 4.69) is 10.1 Å². The average molecular weight is 243 g/mol. The van der Waals surface area contributed by atoms with E-state index in [9.17, 15) is 13.6 Å². The summed E-state index contributed by atoms with van der Waals surface area (Å²) in [6, 6.07) is 3.12. The highest BCUT2D eigenvalue weighted by Gasteiger charge is 2.09. The summed E-state index contributed by atoms with van der Waals surface area (Å²) >= 11 is 0. The molecule has 1 aromatic carbocycles. The molecular weight excluding hydrogens is 228 g/mol. The number of nitrogens with one attached hydrogen (secondary N) is 1. The molecule has 0 aliphatic rings. The Labute approximate surface area is 98.8 Å². The summed E-state index contributed by atoms with van der Waals surface area (Å²) in [5, 5.41) is 2.98. The molecule has 0 amide bonds. The minimum Gasteiger partial charge on any atom is -0.469 e. The molecule has 0 saturated carbocycles. The van der Waals surface area contributed by atoms with E-state index in [0.717, 1.165) is 6.07 Å². The van der Waals surface area contributed by atoms with Crippen LogP contribution >= 0.6 is 0 Å². The molecular formula is C12H15F2NO2. The van der Waals surface area contributed by atoms with E-state index in [0.29, 0.717) is 12.1 Å². The second-order valence-corrected chi connectivity index (χ2v) is 3.70. The molecule has 3 nitrogen and oxygen atoms in total. The van der Waals surface area contributed by atoms with Crippen LogP contribution < -0.4 is 5.32 Å². The van der Waals surface area contributed by atoms with E-state index in [4.69, 9.17) is 0 Å². The number of esters is 1. The van der Waals surface area contributed by atoms with Crippen molar-refractivity contribution in [3.05, 3.63) is 35.4 Å². The Balaban J connectivity index is 2.52. The van der Waals surface area contributed by atoms with E-state index in [1.807, 2.05) is 0 Å². The van der Waals surface area contributed by atoms with Gasteiger partial charge in [0.1, 0.15) is 11.6 Å². The number of carbonyl (C=O) groups is 1. The van der Waals surface area contributed by atoms with Crippen LogP contribution in [0.3, 0.4) is 0 Å². The third kappa shape index (κ3) is 4.48. The van der Waals surface area contributed by atoms with Gasteiger partial charge in [0.05, 0.1) is 13.5 Å². The minimum atomic E-state index is -0.610. The van der Waals surface area contributed by atoms with Gasteiger partial charge in [-0.15, -0.1) is 0 Å². The Hall–Kier alpha value is -1.49. The summed E-state index contributed by atoms with van der Waals surface area (Å²) in [6.45, 7) is 2.16. The smallest absolute Gasteiger partial charge is 0.306 e. The monoisotopic (exact) mass is 243 g/mol. The molecule has 0 radical (unpaired) electrons. The van der Waals surface area contributed by atoms with Crippen LogP contribution in [0.5, 0.6) is 0 Å². The molecule has 1 rings (SSSR count). The van der Waals surface area contributed by atoms with Gasteiger partial charge in [0.2, 0.25) is 0 Å². The molecule has 0 aliphatic heterocycles. The maximum absolute atomic E-state index is 13.0. The van der Waals surface area contributed by atoms with Gasteiger partial charge in [0, 0.05) is 18.7 Å². The Bertz CT molecular complexity index is 376. The van der Waals surface area contributed by atoms with Crippen molar-refractivity contribution < 1.29 is 18.3 Å². The number of hydrogen-bond donors (Lipinski definition) is 1. The quantitative estimate of drug-likeness (QED) is 0.805. The third-order valence-corrected chi connectivity index (χ3v) is 2.39. The SMILES string of the molecule is COC(=O)CCNC(C)c1cc(F)cc(F)c1. The summed E-state index contributed by atoms with van der Waals surface area (Å²) in [5.41, 5.74) is 0.507. The summed E-state index contributed by atoms with van der Waals surface area (Å²) in [7, 11) is 1.31. The molecule has 0 heterocycles. The molecule has 0 aliphatic carbocycles. The van der Waals surface area contributed by atoms with Gasteiger partial charge in [-0.3, -0.25) is 4.79 Å². The van der Waals surface area contributed by atoms with Crippen molar-refractivity contribution in [3.63, 3.8) is 0 Å². The van der Waals surface area contributed by atoms with Gasteiger partial charge in [0.15, 0.2) is 0 Å². The second-order valence-electron chi connectivity index (χ2n) is 3.70. The molecule has 17 heavy (non-hydrogen) atoms.